The van der Waals surface area contributed by atoms with Crippen molar-refractivity contribution in [1.29, 1.82) is 0 Å². The van der Waals surface area contributed by atoms with Gasteiger partial charge in [-0.05, 0) is 36.1 Å². The summed E-state index contributed by atoms with van der Waals surface area (Å²) >= 11 is 3.45. The predicted octanol–water partition coefficient (Wildman–Crippen LogP) is 3.88. The first kappa shape index (κ1) is 8.79. The molecular weight excluding hydrogens is 200 g/mol. The van der Waals surface area contributed by atoms with Crippen LogP contribution >= 0.6 is 15.9 Å². The highest BCUT2D eigenvalue weighted by atomic mass is 79.9. The first-order chi connectivity index (χ1) is 5.11. The molecule has 0 amide bonds. The Labute approximate surface area is 76.8 Å². The van der Waals surface area contributed by atoms with Gasteiger partial charge in [0.05, 0.1) is 0 Å². The molecule has 0 saturated carbocycles. The Bertz CT molecular complexity index is 251. The molecule has 1 heteroatoms. The maximum Gasteiger partial charge on any atom is 0.0178 e. The molecule has 0 atom stereocenters. The van der Waals surface area contributed by atoms with Crippen LogP contribution in [0.4, 0.5) is 0 Å². The molecule has 1 aromatic carbocycles. The fourth-order valence-corrected chi connectivity index (χ4v) is 1.76. The Morgan fingerprint density at radius 2 is 1.91 bits per heavy atom. The Morgan fingerprint density at radius 1 is 1.27 bits per heavy atom. The van der Waals surface area contributed by atoms with Crippen LogP contribution in [0.2, 0.25) is 0 Å². The highest BCUT2D eigenvalue weighted by Gasteiger charge is 2.01. The van der Waals surface area contributed by atoms with Gasteiger partial charge in [0.25, 0.3) is 0 Å². The Kier molecular flexibility index (Phi) is 2.72. The molecule has 0 fully saturated rings. The summed E-state index contributed by atoms with van der Waals surface area (Å²) in [5.41, 5.74) is 2.81. The van der Waals surface area contributed by atoms with E-state index >= 15 is 0 Å². The van der Waals surface area contributed by atoms with E-state index in [2.05, 4.69) is 54.9 Å². The van der Waals surface area contributed by atoms with E-state index in [4.69, 9.17) is 0 Å². The zero-order valence-corrected chi connectivity index (χ0v) is 8.77. The molecule has 0 saturated heterocycles. The van der Waals surface area contributed by atoms with Crippen molar-refractivity contribution in [3.63, 3.8) is 0 Å². The average Bonchev–Trinajstić information content (AvgIpc) is 1.85. The van der Waals surface area contributed by atoms with Gasteiger partial charge in [-0.3, -0.25) is 0 Å². The second kappa shape index (κ2) is 3.40. The molecule has 0 spiro atoms. The highest BCUT2D eigenvalue weighted by Crippen LogP contribution is 2.22. The fraction of sp³-hybridized carbons (Fsp3) is 0.400. The van der Waals surface area contributed by atoms with Crippen molar-refractivity contribution in [3.05, 3.63) is 33.8 Å². The summed E-state index contributed by atoms with van der Waals surface area (Å²) in [7, 11) is 0. The van der Waals surface area contributed by atoms with Crippen molar-refractivity contribution in [1.82, 2.24) is 0 Å². The smallest absolute Gasteiger partial charge is 0.0178 e. The summed E-state index contributed by atoms with van der Waals surface area (Å²) in [5.74, 6) is 0.628. The lowest BCUT2D eigenvalue weighted by Gasteiger charge is -2.08. The van der Waals surface area contributed by atoms with Crippen molar-refractivity contribution in [3.8, 4) is 0 Å². The molecule has 0 heterocycles. The third-order valence-electron chi connectivity index (χ3n) is 1.85. The van der Waals surface area contributed by atoms with E-state index in [0.717, 1.165) is 0 Å². The van der Waals surface area contributed by atoms with Gasteiger partial charge < -0.3 is 0 Å². The second-order valence-corrected chi connectivity index (χ2v) is 4.07. The molecule has 0 N–H and O–H groups in total. The summed E-state index contributed by atoms with van der Waals surface area (Å²) < 4.78 is 1.17. The number of hydrogen-bond acceptors (Lipinski definition) is 0. The van der Waals surface area contributed by atoms with Gasteiger partial charge in [-0.2, -0.15) is 0 Å². The molecule has 0 nitrogen and oxygen atoms in total. The summed E-state index contributed by atoms with van der Waals surface area (Å²) in [5, 5.41) is 0. The van der Waals surface area contributed by atoms with Gasteiger partial charge in [0.1, 0.15) is 0 Å². The minimum atomic E-state index is 0.628. The van der Waals surface area contributed by atoms with Crippen LogP contribution in [-0.2, 0) is 0 Å². The summed E-state index contributed by atoms with van der Waals surface area (Å²) in [6.07, 6.45) is 0. The van der Waals surface area contributed by atoms with Gasteiger partial charge in [0.15, 0.2) is 0 Å². The lowest BCUT2D eigenvalue weighted by atomic mass is 9.99. The maximum absolute atomic E-state index is 3.45. The van der Waals surface area contributed by atoms with Crippen LogP contribution < -0.4 is 0 Å². The monoisotopic (exact) mass is 212 g/mol. The quantitative estimate of drug-likeness (QED) is 0.664. The predicted molar refractivity (Wildman–Crippen MR) is 53.0 cm³/mol. The third kappa shape index (κ3) is 2.06. The minimum absolute atomic E-state index is 0.628. The molecule has 11 heavy (non-hydrogen) atoms. The molecule has 0 bridgehead atoms. The molecular formula is C10H13Br. The highest BCUT2D eigenvalue weighted by molar-refractivity contribution is 9.10. The van der Waals surface area contributed by atoms with Gasteiger partial charge in [0, 0.05) is 4.47 Å². The SMILES string of the molecule is Cc1cc(Br)ccc1C(C)C. The van der Waals surface area contributed by atoms with E-state index in [1.807, 2.05) is 0 Å². The molecule has 1 aromatic rings. The standard InChI is InChI=1S/C10H13Br/c1-7(2)10-5-4-9(11)6-8(10)3/h4-7H,1-3H3. The summed E-state index contributed by atoms with van der Waals surface area (Å²) in [6.45, 7) is 6.59. The topological polar surface area (TPSA) is 0 Å². The van der Waals surface area contributed by atoms with Crippen LogP contribution in [0.3, 0.4) is 0 Å². The van der Waals surface area contributed by atoms with Gasteiger partial charge in [-0.25, -0.2) is 0 Å². The van der Waals surface area contributed by atoms with Crippen molar-refractivity contribution in [2.45, 2.75) is 26.7 Å². The Balaban J connectivity index is 3.09. The third-order valence-corrected chi connectivity index (χ3v) is 2.35. The lowest BCUT2D eigenvalue weighted by molar-refractivity contribution is 0.856. The first-order valence-electron chi connectivity index (χ1n) is 3.87. The summed E-state index contributed by atoms with van der Waals surface area (Å²) in [4.78, 5) is 0. The molecule has 60 valence electrons. The number of aryl methyl sites for hydroxylation is 1. The van der Waals surface area contributed by atoms with Crippen molar-refractivity contribution in [2.75, 3.05) is 0 Å². The number of rotatable bonds is 1. The van der Waals surface area contributed by atoms with Crippen LogP contribution in [0.1, 0.15) is 30.9 Å². The van der Waals surface area contributed by atoms with Gasteiger partial charge in [0.2, 0.25) is 0 Å². The average molecular weight is 213 g/mol. The van der Waals surface area contributed by atoms with Crippen molar-refractivity contribution < 1.29 is 0 Å². The van der Waals surface area contributed by atoms with E-state index in [1.165, 1.54) is 15.6 Å². The Morgan fingerprint density at radius 3 is 2.36 bits per heavy atom. The van der Waals surface area contributed by atoms with Gasteiger partial charge in [-0.1, -0.05) is 35.8 Å². The van der Waals surface area contributed by atoms with Gasteiger partial charge in [-0.15, -0.1) is 0 Å². The van der Waals surface area contributed by atoms with Crippen LogP contribution in [0.25, 0.3) is 0 Å². The number of benzene rings is 1. The molecule has 1 rings (SSSR count). The van der Waals surface area contributed by atoms with E-state index in [9.17, 15) is 0 Å². The number of hydrogen-bond donors (Lipinski definition) is 0. The molecule has 0 aliphatic carbocycles. The number of halogens is 1. The molecule has 0 radical (unpaired) electrons. The fourth-order valence-electron chi connectivity index (χ4n) is 1.29. The van der Waals surface area contributed by atoms with Crippen LogP contribution in [0.5, 0.6) is 0 Å². The zero-order chi connectivity index (χ0) is 8.43. The Hall–Kier alpha value is -0.300. The largest absolute Gasteiger partial charge is 0.0587 e. The zero-order valence-electron chi connectivity index (χ0n) is 7.19. The second-order valence-electron chi connectivity index (χ2n) is 3.16. The minimum Gasteiger partial charge on any atom is -0.0587 e. The maximum atomic E-state index is 3.45. The van der Waals surface area contributed by atoms with E-state index in [0.29, 0.717) is 5.92 Å². The molecule has 0 aromatic heterocycles. The molecule has 0 aliphatic rings. The van der Waals surface area contributed by atoms with E-state index < -0.39 is 0 Å². The van der Waals surface area contributed by atoms with E-state index in [1.54, 1.807) is 0 Å². The van der Waals surface area contributed by atoms with Crippen molar-refractivity contribution >= 4 is 15.9 Å². The van der Waals surface area contributed by atoms with Crippen LogP contribution in [-0.4, -0.2) is 0 Å². The van der Waals surface area contributed by atoms with E-state index in [-0.39, 0.29) is 0 Å². The molecule has 0 unspecified atom stereocenters. The van der Waals surface area contributed by atoms with Crippen LogP contribution in [0.15, 0.2) is 22.7 Å². The van der Waals surface area contributed by atoms with Crippen LogP contribution in [0, 0.1) is 6.92 Å². The normalized spacial score (nSPS) is 10.6. The van der Waals surface area contributed by atoms with Gasteiger partial charge >= 0.3 is 0 Å². The summed E-state index contributed by atoms with van der Waals surface area (Å²) in [6, 6.07) is 6.45. The first-order valence-corrected chi connectivity index (χ1v) is 4.66. The lowest BCUT2D eigenvalue weighted by Crippen LogP contribution is -1.90. The van der Waals surface area contributed by atoms with Crippen molar-refractivity contribution in [2.24, 2.45) is 0 Å². The molecule has 0 aliphatic heterocycles.